The summed E-state index contributed by atoms with van der Waals surface area (Å²) in [5, 5.41) is 4.39. The number of ether oxygens (including phenoxy) is 1. The van der Waals surface area contributed by atoms with Crippen LogP contribution in [-0.4, -0.2) is 14.8 Å². The molecule has 0 aliphatic heterocycles. The quantitative estimate of drug-likeness (QED) is 0.850. The molecule has 2 rings (SSSR count). The molecule has 100 valence electrons. The van der Waals surface area contributed by atoms with E-state index in [9.17, 15) is 0 Å². The molecule has 0 unspecified atom stereocenters. The van der Waals surface area contributed by atoms with Gasteiger partial charge in [0.15, 0.2) is 0 Å². The molecule has 0 fully saturated rings. The Hall–Kier alpha value is -1.88. The number of thiocarbonyl (C=S) groups is 1. The van der Waals surface area contributed by atoms with Crippen LogP contribution in [0, 0.1) is 0 Å². The Morgan fingerprint density at radius 3 is 2.79 bits per heavy atom. The Labute approximate surface area is 118 Å². The third kappa shape index (κ3) is 3.12. The van der Waals surface area contributed by atoms with Crippen LogP contribution in [0.4, 0.5) is 0 Å². The normalized spacial score (nSPS) is 10.4. The van der Waals surface area contributed by atoms with Gasteiger partial charge in [0.05, 0.1) is 17.0 Å². The van der Waals surface area contributed by atoms with Crippen LogP contribution < -0.4 is 10.5 Å². The highest BCUT2D eigenvalue weighted by Crippen LogP contribution is 2.19. The second-order valence-corrected chi connectivity index (χ2v) is 4.69. The van der Waals surface area contributed by atoms with Crippen LogP contribution in [0.25, 0.3) is 0 Å². The Morgan fingerprint density at radius 2 is 2.16 bits per heavy atom. The number of hydrogen-bond acceptors (Lipinski definition) is 3. The number of para-hydroxylation sites is 1. The molecular weight excluding hydrogens is 258 g/mol. The van der Waals surface area contributed by atoms with E-state index in [0.717, 1.165) is 23.4 Å². The topological polar surface area (TPSA) is 53.1 Å². The van der Waals surface area contributed by atoms with E-state index in [-0.39, 0.29) is 0 Å². The van der Waals surface area contributed by atoms with Gasteiger partial charge in [-0.25, -0.2) is 0 Å². The van der Waals surface area contributed by atoms with E-state index in [0.29, 0.717) is 17.3 Å². The lowest BCUT2D eigenvalue weighted by Crippen LogP contribution is -2.12. The van der Waals surface area contributed by atoms with Crippen LogP contribution >= 0.6 is 12.2 Å². The number of nitrogens with zero attached hydrogens (tertiary/aromatic N) is 2. The summed E-state index contributed by atoms with van der Waals surface area (Å²) in [4.78, 5) is 0.342. The number of nitrogens with two attached hydrogens (primary N) is 1. The van der Waals surface area contributed by atoms with Crippen molar-refractivity contribution >= 4 is 17.2 Å². The van der Waals surface area contributed by atoms with Gasteiger partial charge in [-0.15, -0.1) is 0 Å². The minimum absolute atomic E-state index is 0.342. The fourth-order valence-electron chi connectivity index (χ4n) is 1.83. The predicted octanol–water partition coefficient (Wildman–Crippen LogP) is 2.20. The first-order valence-corrected chi connectivity index (χ1v) is 6.56. The maximum absolute atomic E-state index is 5.79. The highest BCUT2D eigenvalue weighted by molar-refractivity contribution is 7.80. The summed E-state index contributed by atoms with van der Waals surface area (Å²) >= 11 is 5.01. The van der Waals surface area contributed by atoms with E-state index >= 15 is 0 Å². The Bertz CT molecular complexity index is 592. The van der Waals surface area contributed by atoms with Crippen LogP contribution in [0.1, 0.15) is 23.9 Å². The highest BCUT2D eigenvalue weighted by atomic mass is 32.1. The molecule has 0 bridgehead atoms. The fraction of sp³-hybridized carbons (Fsp3) is 0.286. The molecule has 0 spiro atoms. The molecule has 0 radical (unpaired) electrons. The molecule has 2 aromatic rings. The molecule has 0 saturated carbocycles. The number of aryl methyl sites for hydroxylation is 2. The third-order valence-corrected chi connectivity index (χ3v) is 3.14. The summed E-state index contributed by atoms with van der Waals surface area (Å²) in [5.74, 6) is 0.703. The average molecular weight is 275 g/mol. The highest BCUT2D eigenvalue weighted by Gasteiger charge is 2.08. The lowest BCUT2D eigenvalue weighted by molar-refractivity contribution is 0.294. The van der Waals surface area contributed by atoms with Gasteiger partial charge in [-0.2, -0.15) is 5.10 Å². The lowest BCUT2D eigenvalue weighted by Gasteiger charge is -2.10. The molecule has 5 heteroatoms. The maximum atomic E-state index is 5.79. The molecule has 0 amide bonds. The van der Waals surface area contributed by atoms with Crippen molar-refractivity contribution in [2.24, 2.45) is 12.8 Å². The second-order valence-electron chi connectivity index (χ2n) is 4.25. The van der Waals surface area contributed by atoms with E-state index in [2.05, 4.69) is 12.0 Å². The first-order valence-electron chi connectivity index (χ1n) is 6.15. The zero-order chi connectivity index (χ0) is 13.8. The van der Waals surface area contributed by atoms with Gasteiger partial charge in [0.1, 0.15) is 17.3 Å². The SMILES string of the molecule is CCc1cc(COc2ccccc2C(N)=S)n(C)n1. The minimum Gasteiger partial charge on any atom is -0.487 e. The van der Waals surface area contributed by atoms with Gasteiger partial charge in [0.2, 0.25) is 0 Å². The van der Waals surface area contributed by atoms with Gasteiger partial charge in [-0.1, -0.05) is 31.3 Å². The number of rotatable bonds is 5. The molecule has 0 aliphatic rings. The Morgan fingerprint density at radius 1 is 1.42 bits per heavy atom. The van der Waals surface area contributed by atoms with Crippen molar-refractivity contribution in [3.8, 4) is 5.75 Å². The molecule has 19 heavy (non-hydrogen) atoms. The predicted molar refractivity (Wildman–Crippen MR) is 79.2 cm³/mol. The maximum Gasteiger partial charge on any atom is 0.130 e. The molecular formula is C14H17N3OS. The standard InChI is InChI=1S/C14H17N3OS/c1-3-10-8-11(17(2)16-10)9-18-13-7-5-4-6-12(13)14(15)19/h4-8H,3,9H2,1-2H3,(H2,15,19). The number of aromatic nitrogens is 2. The first kappa shape index (κ1) is 13.5. The van der Waals surface area contributed by atoms with Gasteiger partial charge >= 0.3 is 0 Å². The molecule has 1 aromatic carbocycles. The second kappa shape index (κ2) is 5.84. The van der Waals surface area contributed by atoms with Crippen molar-refractivity contribution in [3.63, 3.8) is 0 Å². The van der Waals surface area contributed by atoms with Crippen LogP contribution in [0.3, 0.4) is 0 Å². The summed E-state index contributed by atoms with van der Waals surface area (Å²) < 4.78 is 7.63. The summed E-state index contributed by atoms with van der Waals surface area (Å²) in [6.07, 6.45) is 0.914. The van der Waals surface area contributed by atoms with Crippen molar-refractivity contribution in [1.29, 1.82) is 0 Å². The third-order valence-electron chi connectivity index (χ3n) is 2.92. The first-order chi connectivity index (χ1) is 9.11. The molecule has 2 N–H and O–H groups in total. The van der Waals surface area contributed by atoms with Crippen molar-refractivity contribution in [3.05, 3.63) is 47.3 Å². The summed E-state index contributed by atoms with van der Waals surface area (Å²) in [5.41, 5.74) is 8.51. The Balaban J connectivity index is 2.14. The lowest BCUT2D eigenvalue weighted by atomic mass is 10.2. The molecule has 1 aromatic heterocycles. The largest absolute Gasteiger partial charge is 0.487 e. The van der Waals surface area contributed by atoms with Crippen LogP contribution in [0.15, 0.2) is 30.3 Å². The zero-order valence-corrected chi connectivity index (χ0v) is 11.9. The van der Waals surface area contributed by atoms with Crippen LogP contribution in [0.5, 0.6) is 5.75 Å². The van der Waals surface area contributed by atoms with Gasteiger partial charge in [0, 0.05) is 7.05 Å². The van der Waals surface area contributed by atoms with E-state index < -0.39 is 0 Å². The summed E-state index contributed by atoms with van der Waals surface area (Å²) in [7, 11) is 1.91. The minimum atomic E-state index is 0.342. The Kier molecular flexibility index (Phi) is 4.16. The fourth-order valence-corrected chi connectivity index (χ4v) is 2.00. The molecule has 0 atom stereocenters. The van der Waals surface area contributed by atoms with Crippen LogP contribution in [0.2, 0.25) is 0 Å². The van der Waals surface area contributed by atoms with Crippen molar-refractivity contribution < 1.29 is 4.74 Å². The van der Waals surface area contributed by atoms with E-state index in [1.807, 2.05) is 42.1 Å². The van der Waals surface area contributed by atoms with Crippen molar-refractivity contribution in [2.75, 3.05) is 0 Å². The number of benzene rings is 1. The monoisotopic (exact) mass is 275 g/mol. The smallest absolute Gasteiger partial charge is 0.130 e. The van der Waals surface area contributed by atoms with E-state index in [1.165, 1.54) is 0 Å². The zero-order valence-electron chi connectivity index (χ0n) is 11.1. The van der Waals surface area contributed by atoms with Gasteiger partial charge in [-0.3, -0.25) is 4.68 Å². The molecule has 0 aliphatic carbocycles. The molecule has 0 saturated heterocycles. The summed E-state index contributed by atoms with van der Waals surface area (Å²) in [6.45, 7) is 2.53. The molecule has 1 heterocycles. The van der Waals surface area contributed by atoms with Gasteiger partial charge in [-0.05, 0) is 24.6 Å². The van der Waals surface area contributed by atoms with Gasteiger partial charge < -0.3 is 10.5 Å². The molecule has 4 nitrogen and oxygen atoms in total. The van der Waals surface area contributed by atoms with Crippen LogP contribution in [-0.2, 0) is 20.1 Å². The van der Waals surface area contributed by atoms with E-state index in [1.54, 1.807) is 0 Å². The van der Waals surface area contributed by atoms with Crippen molar-refractivity contribution in [1.82, 2.24) is 9.78 Å². The summed E-state index contributed by atoms with van der Waals surface area (Å²) in [6, 6.07) is 9.56. The van der Waals surface area contributed by atoms with Crippen molar-refractivity contribution in [2.45, 2.75) is 20.0 Å². The average Bonchev–Trinajstić information content (AvgIpc) is 2.77. The van der Waals surface area contributed by atoms with E-state index in [4.69, 9.17) is 22.7 Å². The van der Waals surface area contributed by atoms with Gasteiger partial charge in [0.25, 0.3) is 0 Å². The number of hydrogen-bond donors (Lipinski definition) is 1.